The molecule has 2 aromatic carbocycles. The van der Waals surface area contributed by atoms with Crippen molar-refractivity contribution in [3.05, 3.63) is 89.1 Å². The van der Waals surface area contributed by atoms with E-state index < -0.39 is 0 Å². The van der Waals surface area contributed by atoms with Crippen molar-refractivity contribution in [3.63, 3.8) is 0 Å². The number of benzene rings is 2. The van der Waals surface area contributed by atoms with Crippen LogP contribution in [0.3, 0.4) is 0 Å². The van der Waals surface area contributed by atoms with Gasteiger partial charge in [0.15, 0.2) is 5.78 Å². The molecule has 0 saturated carbocycles. The van der Waals surface area contributed by atoms with Crippen molar-refractivity contribution in [1.29, 1.82) is 0 Å². The Morgan fingerprint density at radius 2 is 1.68 bits per heavy atom. The van der Waals surface area contributed by atoms with Gasteiger partial charge < -0.3 is 4.90 Å². The number of nitrogens with zero attached hydrogens (tertiary/aromatic N) is 1. The average Bonchev–Trinajstić information content (AvgIpc) is 3.17. The molecule has 0 bridgehead atoms. The fourth-order valence-corrected chi connectivity index (χ4v) is 4.06. The largest absolute Gasteiger partial charge is 0.377 e. The van der Waals surface area contributed by atoms with Crippen molar-refractivity contribution < 1.29 is 9.63 Å². The third-order valence-electron chi connectivity index (χ3n) is 6.25. The van der Waals surface area contributed by atoms with E-state index >= 15 is 0 Å². The van der Waals surface area contributed by atoms with Gasteiger partial charge >= 0.3 is 0 Å². The molecule has 1 spiro atoms. The van der Waals surface area contributed by atoms with Crippen LogP contribution < -0.4 is 5.48 Å². The number of carbonyl (C=O) groups is 1. The van der Waals surface area contributed by atoms with Crippen LogP contribution in [0.4, 0.5) is 0 Å². The average molecular weight is 417 g/mol. The summed E-state index contributed by atoms with van der Waals surface area (Å²) in [6, 6.07) is 16.4. The first-order valence-corrected chi connectivity index (χ1v) is 11.1. The minimum atomic E-state index is -0.267. The Balaban J connectivity index is 1.34. The number of likely N-dealkylation sites (tertiary alicyclic amines) is 1. The maximum atomic E-state index is 12.6. The van der Waals surface area contributed by atoms with Crippen molar-refractivity contribution in [1.82, 2.24) is 10.4 Å². The van der Waals surface area contributed by atoms with E-state index in [4.69, 9.17) is 4.84 Å². The normalized spacial score (nSPS) is 18.3. The van der Waals surface area contributed by atoms with Gasteiger partial charge in [0.1, 0.15) is 5.60 Å². The molecule has 0 aromatic heterocycles. The molecule has 1 saturated heterocycles. The summed E-state index contributed by atoms with van der Waals surface area (Å²) >= 11 is 0. The zero-order valence-electron chi connectivity index (χ0n) is 18.9. The quantitative estimate of drug-likeness (QED) is 0.535. The van der Waals surface area contributed by atoms with Crippen LogP contribution in [0.15, 0.2) is 66.9 Å². The van der Waals surface area contributed by atoms with Crippen LogP contribution in [-0.4, -0.2) is 29.4 Å². The number of nitrogens with one attached hydrogen (secondary N) is 1. The molecular weight excluding hydrogens is 384 g/mol. The van der Waals surface area contributed by atoms with E-state index in [2.05, 4.69) is 68.4 Å². The van der Waals surface area contributed by atoms with Gasteiger partial charge in [0.05, 0.1) is 5.70 Å². The Morgan fingerprint density at radius 1 is 1.03 bits per heavy atom. The predicted molar refractivity (Wildman–Crippen MR) is 126 cm³/mol. The maximum Gasteiger partial charge on any atom is 0.187 e. The summed E-state index contributed by atoms with van der Waals surface area (Å²) in [5.41, 5.74) is 8.34. The molecule has 31 heavy (non-hydrogen) atoms. The first kappa shape index (κ1) is 21.4. The highest BCUT2D eigenvalue weighted by Crippen LogP contribution is 2.34. The number of hydrogen-bond donors (Lipinski definition) is 1. The smallest absolute Gasteiger partial charge is 0.187 e. The Kier molecular flexibility index (Phi) is 5.76. The SMILES string of the molecule is Cc1ccc(C2=CC3(CCN(C=CC(=O)c4ccc(C(C)(C)C)cc4)CC3)ON2)cc1. The lowest BCUT2D eigenvalue weighted by Crippen LogP contribution is -2.42. The molecule has 2 aliphatic rings. The predicted octanol–water partition coefficient (Wildman–Crippen LogP) is 5.40. The number of piperidine rings is 1. The molecule has 1 fully saturated rings. The van der Waals surface area contributed by atoms with Gasteiger partial charge in [-0.25, -0.2) is 0 Å². The standard InChI is InChI=1S/C27H32N2O2/c1-20-5-7-21(8-6-20)24-19-27(31-28-24)14-17-29(18-15-27)16-13-25(30)22-9-11-23(12-10-22)26(2,3)4/h5-13,16,19,28H,14-15,17-18H2,1-4H3. The van der Waals surface area contributed by atoms with E-state index in [0.29, 0.717) is 0 Å². The van der Waals surface area contributed by atoms with E-state index in [1.54, 1.807) is 6.08 Å². The molecule has 2 aromatic rings. The lowest BCUT2D eigenvalue weighted by atomic mass is 9.86. The van der Waals surface area contributed by atoms with E-state index in [9.17, 15) is 4.79 Å². The summed E-state index contributed by atoms with van der Waals surface area (Å²) in [6.45, 7) is 10.3. The van der Waals surface area contributed by atoms with Crippen molar-refractivity contribution in [2.75, 3.05) is 13.1 Å². The third-order valence-corrected chi connectivity index (χ3v) is 6.25. The van der Waals surface area contributed by atoms with Crippen molar-refractivity contribution in [3.8, 4) is 0 Å². The second-order valence-electron chi connectivity index (χ2n) is 9.74. The number of carbonyl (C=O) groups excluding carboxylic acids is 1. The topological polar surface area (TPSA) is 41.6 Å². The molecule has 0 radical (unpaired) electrons. The second-order valence-corrected chi connectivity index (χ2v) is 9.74. The Labute approximate surface area is 185 Å². The molecule has 0 atom stereocenters. The molecule has 0 aliphatic carbocycles. The lowest BCUT2D eigenvalue weighted by Gasteiger charge is -2.36. The zero-order chi connectivity index (χ0) is 22.1. The molecule has 0 unspecified atom stereocenters. The summed E-state index contributed by atoms with van der Waals surface area (Å²) in [5, 5.41) is 0. The van der Waals surface area contributed by atoms with Crippen LogP contribution in [-0.2, 0) is 10.3 Å². The number of hydrogen-bond acceptors (Lipinski definition) is 4. The van der Waals surface area contributed by atoms with Gasteiger partial charge in [-0.2, -0.15) is 0 Å². The Hall–Kier alpha value is -2.85. The molecule has 0 amide bonds. The number of rotatable bonds is 4. The van der Waals surface area contributed by atoms with Crippen LogP contribution in [0, 0.1) is 6.92 Å². The Bertz CT molecular complexity index is 987. The Morgan fingerprint density at radius 3 is 2.29 bits per heavy atom. The van der Waals surface area contributed by atoms with Gasteiger partial charge in [-0.3, -0.25) is 15.1 Å². The molecular formula is C27H32N2O2. The molecule has 4 nitrogen and oxygen atoms in total. The summed E-state index contributed by atoms with van der Waals surface area (Å²) < 4.78 is 0. The van der Waals surface area contributed by atoms with E-state index in [0.717, 1.165) is 42.8 Å². The molecule has 1 N–H and O–H groups in total. The van der Waals surface area contributed by atoms with Crippen LogP contribution in [0.5, 0.6) is 0 Å². The summed E-state index contributed by atoms with van der Waals surface area (Å²) in [6.07, 6.45) is 7.61. The van der Waals surface area contributed by atoms with E-state index in [-0.39, 0.29) is 16.8 Å². The highest BCUT2D eigenvalue weighted by molar-refractivity contribution is 6.04. The maximum absolute atomic E-state index is 12.6. The highest BCUT2D eigenvalue weighted by atomic mass is 16.7. The van der Waals surface area contributed by atoms with Gasteiger partial charge in [0, 0.05) is 43.8 Å². The molecule has 2 aliphatic heterocycles. The van der Waals surface area contributed by atoms with Gasteiger partial charge in [0.25, 0.3) is 0 Å². The van der Waals surface area contributed by atoms with Crippen LogP contribution >= 0.6 is 0 Å². The van der Waals surface area contributed by atoms with Gasteiger partial charge in [-0.1, -0.05) is 74.9 Å². The highest BCUT2D eigenvalue weighted by Gasteiger charge is 2.38. The molecule has 2 heterocycles. The summed E-state index contributed by atoms with van der Waals surface area (Å²) in [5.74, 6) is 0.0427. The first-order valence-electron chi connectivity index (χ1n) is 11.1. The summed E-state index contributed by atoms with van der Waals surface area (Å²) in [4.78, 5) is 20.8. The van der Waals surface area contributed by atoms with Crippen molar-refractivity contribution >= 4 is 11.5 Å². The third kappa shape index (κ3) is 4.91. The summed E-state index contributed by atoms with van der Waals surface area (Å²) in [7, 11) is 0. The zero-order valence-corrected chi connectivity index (χ0v) is 18.9. The fraction of sp³-hybridized carbons (Fsp3) is 0.370. The number of ketones is 1. The number of aryl methyl sites for hydroxylation is 1. The monoisotopic (exact) mass is 416 g/mol. The minimum absolute atomic E-state index is 0.0427. The van der Waals surface area contributed by atoms with E-state index in [1.165, 1.54) is 11.1 Å². The minimum Gasteiger partial charge on any atom is -0.377 e. The van der Waals surface area contributed by atoms with Crippen LogP contribution in [0.1, 0.15) is 60.7 Å². The molecule has 4 heteroatoms. The van der Waals surface area contributed by atoms with Crippen LogP contribution in [0.2, 0.25) is 0 Å². The van der Waals surface area contributed by atoms with E-state index in [1.807, 2.05) is 30.5 Å². The fourth-order valence-electron chi connectivity index (χ4n) is 4.06. The van der Waals surface area contributed by atoms with Gasteiger partial charge in [-0.05, 0) is 29.5 Å². The van der Waals surface area contributed by atoms with Crippen molar-refractivity contribution in [2.45, 2.75) is 51.6 Å². The van der Waals surface area contributed by atoms with Gasteiger partial charge in [-0.15, -0.1) is 0 Å². The first-order chi connectivity index (χ1) is 14.7. The second kappa shape index (κ2) is 8.35. The number of hydroxylamine groups is 1. The molecule has 4 rings (SSSR count). The van der Waals surface area contributed by atoms with Gasteiger partial charge in [0.2, 0.25) is 0 Å². The number of allylic oxidation sites excluding steroid dienone is 1. The van der Waals surface area contributed by atoms with Crippen molar-refractivity contribution in [2.24, 2.45) is 0 Å². The molecule has 162 valence electrons. The lowest BCUT2D eigenvalue weighted by molar-refractivity contribution is -0.0639. The van der Waals surface area contributed by atoms with Crippen LogP contribution in [0.25, 0.3) is 5.70 Å².